The van der Waals surface area contributed by atoms with Crippen molar-refractivity contribution in [3.63, 3.8) is 0 Å². The van der Waals surface area contributed by atoms with Gasteiger partial charge in [-0.05, 0) is 49.1 Å². The van der Waals surface area contributed by atoms with Crippen LogP contribution in [0, 0.1) is 5.92 Å². The van der Waals surface area contributed by atoms with Crippen molar-refractivity contribution in [1.82, 2.24) is 0 Å². The van der Waals surface area contributed by atoms with Gasteiger partial charge in [0.05, 0.1) is 6.10 Å². The molecule has 0 spiro atoms. The average Bonchev–Trinajstić information content (AvgIpc) is 2.47. The van der Waals surface area contributed by atoms with Crippen LogP contribution in [0.25, 0.3) is 0 Å². The lowest BCUT2D eigenvalue weighted by atomic mass is 9.75. The van der Waals surface area contributed by atoms with Crippen molar-refractivity contribution < 1.29 is 9.84 Å². The molecule has 1 fully saturated rings. The molecule has 0 amide bonds. The fourth-order valence-corrected chi connectivity index (χ4v) is 3.53. The smallest absolute Gasteiger partial charge is 0.0638 e. The summed E-state index contributed by atoms with van der Waals surface area (Å²) in [5.74, 6) is 0.771. The summed E-state index contributed by atoms with van der Waals surface area (Å²) in [5, 5.41) is 10.7. The van der Waals surface area contributed by atoms with Crippen molar-refractivity contribution in [3.8, 4) is 0 Å². The highest BCUT2D eigenvalue weighted by Crippen LogP contribution is 2.38. The molecule has 3 rings (SSSR count). The molecular weight excluding hydrogens is 224 g/mol. The summed E-state index contributed by atoms with van der Waals surface area (Å²) in [7, 11) is 0. The monoisotopic (exact) mass is 246 g/mol. The Morgan fingerprint density at radius 3 is 2.72 bits per heavy atom. The first-order chi connectivity index (χ1) is 8.86. The first-order valence-electron chi connectivity index (χ1n) is 7.20. The fraction of sp³-hybridized carbons (Fsp3) is 0.625. The molecule has 1 saturated heterocycles. The third-order valence-corrected chi connectivity index (χ3v) is 4.58. The topological polar surface area (TPSA) is 29.5 Å². The molecule has 2 atom stereocenters. The first kappa shape index (κ1) is 12.2. The van der Waals surface area contributed by atoms with E-state index < -0.39 is 0 Å². The molecule has 2 aliphatic rings. The van der Waals surface area contributed by atoms with Gasteiger partial charge in [0.15, 0.2) is 0 Å². The normalized spacial score (nSPS) is 26.6. The molecule has 1 aliphatic carbocycles. The maximum atomic E-state index is 10.7. The van der Waals surface area contributed by atoms with E-state index in [1.165, 1.54) is 24.0 Å². The van der Waals surface area contributed by atoms with E-state index in [4.69, 9.17) is 4.74 Å². The molecule has 0 bridgehead atoms. The molecule has 0 saturated carbocycles. The Morgan fingerprint density at radius 1 is 1.11 bits per heavy atom. The predicted molar refractivity (Wildman–Crippen MR) is 71.7 cm³/mol. The van der Waals surface area contributed by atoms with E-state index in [0.717, 1.165) is 32.5 Å². The average molecular weight is 246 g/mol. The van der Waals surface area contributed by atoms with Crippen molar-refractivity contribution in [1.29, 1.82) is 0 Å². The van der Waals surface area contributed by atoms with Gasteiger partial charge in [0.1, 0.15) is 0 Å². The second-order valence-corrected chi connectivity index (χ2v) is 5.64. The van der Waals surface area contributed by atoms with Crippen LogP contribution in [0.2, 0.25) is 0 Å². The Labute approximate surface area is 109 Å². The van der Waals surface area contributed by atoms with Crippen molar-refractivity contribution in [2.45, 2.75) is 44.1 Å². The van der Waals surface area contributed by atoms with E-state index in [-0.39, 0.29) is 6.10 Å². The third-order valence-electron chi connectivity index (χ3n) is 4.58. The number of ether oxygens (including phenoxy) is 1. The van der Waals surface area contributed by atoms with Crippen LogP contribution in [0.1, 0.15) is 42.7 Å². The zero-order valence-electron chi connectivity index (χ0n) is 10.8. The van der Waals surface area contributed by atoms with Gasteiger partial charge in [-0.1, -0.05) is 24.3 Å². The molecule has 1 N–H and O–H groups in total. The zero-order chi connectivity index (χ0) is 12.4. The van der Waals surface area contributed by atoms with E-state index >= 15 is 0 Å². The van der Waals surface area contributed by atoms with E-state index in [9.17, 15) is 5.11 Å². The number of benzene rings is 1. The lowest BCUT2D eigenvalue weighted by molar-refractivity contribution is -0.00535. The first-order valence-corrected chi connectivity index (χ1v) is 7.20. The highest BCUT2D eigenvalue weighted by atomic mass is 16.5. The van der Waals surface area contributed by atoms with Crippen LogP contribution in [0.4, 0.5) is 0 Å². The molecule has 2 heteroatoms. The molecule has 1 heterocycles. The highest BCUT2D eigenvalue weighted by molar-refractivity contribution is 5.33. The Kier molecular flexibility index (Phi) is 3.67. The van der Waals surface area contributed by atoms with Crippen LogP contribution < -0.4 is 0 Å². The van der Waals surface area contributed by atoms with Gasteiger partial charge in [0.25, 0.3) is 0 Å². The Balaban J connectivity index is 1.80. The summed E-state index contributed by atoms with van der Waals surface area (Å²) in [6, 6.07) is 8.65. The fourth-order valence-electron chi connectivity index (χ4n) is 3.53. The molecule has 1 aromatic rings. The SMILES string of the molecule is OC(C1CCOCC1)C1CCCc2ccccc21. The number of hydrogen-bond acceptors (Lipinski definition) is 2. The number of aryl methyl sites for hydroxylation is 1. The van der Waals surface area contributed by atoms with Crippen molar-refractivity contribution in [3.05, 3.63) is 35.4 Å². The quantitative estimate of drug-likeness (QED) is 0.869. The Morgan fingerprint density at radius 2 is 1.89 bits per heavy atom. The molecule has 1 aromatic carbocycles. The van der Waals surface area contributed by atoms with Crippen molar-refractivity contribution in [2.75, 3.05) is 13.2 Å². The molecule has 2 unspecified atom stereocenters. The minimum atomic E-state index is -0.185. The van der Waals surface area contributed by atoms with Crippen LogP contribution in [0.5, 0.6) is 0 Å². The second kappa shape index (κ2) is 5.41. The largest absolute Gasteiger partial charge is 0.392 e. The van der Waals surface area contributed by atoms with Crippen LogP contribution in [0.15, 0.2) is 24.3 Å². The van der Waals surface area contributed by atoms with E-state index in [1.807, 2.05) is 0 Å². The predicted octanol–water partition coefficient (Wildman–Crippen LogP) is 2.89. The number of aliphatic hydroxyl groups excluding tert-OH is 1. The molecular formula is C16H22O2. The van der Waals surface area contributed by atoms with Crippen LogP contribution in [0.3, 0.4) is 0 Å². The summed E-state index contributed by atoms with van der Waals surface area (Å²) >= 11 is 0. The second-order valence-electron chi connectivity index (χ2n) is 5.64. The summed E-state index contributed by atoms with van der Waals surface area (Å²) < 4.78 is 5.40. The molecule has 2 nitrogen and oxygen atoms in total. The van der Waals surface area contributed by atoms with Gasteiger partial charge in [-0.15, -0.1) is 0 Å². The molecule has 1 aliphatic heterocycles. The van der Waals surface area contributed by atoms with Gasteiger partial charge in [0, 0.05) is 19.1 Å². The highest BCUT2D eigenvalue weighted by Gasteiger charge is 2.32. The summed E-state index contributed by atoms with van der Waals surface area (Å²) in [6.45, 7) is 1.63. The summed E-state index contributed by atoms with van der Waals surface area (Å²) in [5.41, 5.74) is 2.84. The van der Waals surface area contributed by atoms with Gasteiger partial charge in [-0.3, -0.25) is 0 Å². The molecule has 0 radical (unpaired) electrons. The number of aliphatic hydroxyl groups is 1. The van der Waals surface area contributed by atoms with E-state index in [1.54, 1.807) is 0 Å². The van der Waals surface area contributed by atoms with Gasteiger partial charge < -0.3 is 9.84 Å². The Hall–Kier alpha value is -0.860. The molecule has 98 valence electrons. The van der Waals surface area contributed by atoms with Crippen molar-refractivity contribution >= 4 is 0 Å². The summed E-state index contributed by atoms with van der Waals surface area (Å²) in [6.07, 6.45) is 5.36. The standard InChI is InChI=1S/C16H22O2/c17-16(13-8-10-18-11-9-13)15-7-3-5-12-4-1-2-6-14(12)15/h1-2,4,6,13,15-17H,3,5,7-11H2. The van der Waals surface area contributed by atoms with Gasteiger partial charge in [-0.25, -0.2) is 0 Å². The minimum Gasteiger partial charge on any atom is -0.392 e. The maximum absolute atomic E-state index is 10.7. The summed E-state index contributed by atoms with van der Waals surface area (Å²) in [4.78, 5) is 0. The van der Waals surface area contributed by atoms with Gasteiger partial charge in [-0.2, -0.15) is 0 Å². The van der Waals surface area contributed by atoms with Crippen LogP contribution in [-0.2, 0) is 11.2 Å². The molecule has 0 aromatic heterocycles. The third kappa shape index (κ3) is 2.32. The maximum Gasteiger partial charge on any atom is 0.0638 e. The zero-order valence-corrected chi connectivity index (χ0v) is 10.8. The van der Waals surface area contributed by atoms with Crippen molar-refractivity contribution in [2.24, 2.45) is 5.92 Å². The number of hydrogen-bond donors (Lipinski definition) is 1. The number of rotatable bonds is 2. The van der Waals surface area contributed by atoms with Crippen LogP contribution >= 0.6 is 0 Å². The van der Waals surface area contributed by atoms with Gasteiger partial charge in [0.2, 0.25) is 0 Å². The Bertz CT molecular complexity index is 396. The van der Waals surface area contributed by atoms with Crippen LogP contribution in [-0.4, -0.2) is 24.4 Å². The van der Waals surface area contributed by atoms with E-state index in [0.29, 0.717) is 11.8 Å². The number of fused-ring (bicyclic) bond motifs is 1. The molecule has 18 heavy (non-hydrogen) atoms. The van der Waals surface area contributed by atoms with Gasteiger partial charge >= 0.3 is 0 Å². The van der Waals surface area contributed by atoms with E-state index in [2.05, 4.69) is 24.3 Å². The lowest BCUT2D eigenvalue weighted by Crippen LogP contribution is -2.33. The lowest BCUT2D eigenvalue weighted by Gasteiger charge is -2.35. The minimum absolute atomic E-state index is 0.185.